The van der Waals surface area contributed by atoms with Gasteiger partial charge in [0.05, 0.1) is 17.3 Å². The van der Waals surface area contributed by atoms with Crippen molar-refractivity contribution in [2.75, 3.05) is 32.7 Å². The summed E-state index contributed by atoms with van der Waals surface area (Å²) in [4.78, 5) is 58.3. The quantitative estimate of drug-likeness (QED) is 0.177. The van der Waals surface area contributed by atoms with Crippen molar-refractivity contribution < 1.29 is 29.0 Å². The highest BCUT2D eigenvalue weighted by atomic mass is 16.5. The number of ether oxygens (including phenoxy) is 1. The van der Waals surface area contributed by atoms with E-state index >= 15 is 4.79 Å². The lowest BCUT2D eigenvalue weighted by molar-refractivity contribution is -0.249. The molecule has 0 aromatic carbocycles. The lowest BCUT2D eigenvalue weighted by Crippen LogP contribution is -2.68. The normalized spacial score (nSPS) is 43.1. The summed E-state index contributed by atoms with van der Waals surface area (Å²) in [5.74, 6) is 1.03. The Morgan fingerprint density at radius 2 is 1.48 bits per heavy atom. The van der Waals surface area contributed by atoms with Gasteiger partial charge in [-0.15, -0.1) is 0 Å². The van der Waals surface area contributed by atoms with Crippen molar-refractivity contribution in [3.8, 4) is 0 Å². The van der Waals surface area contributed by atoms with Gasteiger partial charge in [0.15, 0.2) is 0 Å². The largest absolute Gasteiger partial charge is 0.481 e. The van der Waals surface area contributed by atoms with E-state index in [1.54, 1.807) is 13.8 Å². The minimum Gasteiger partial charge on any atom is -0.481 e. The molecule has 1 aliphatic heterocycles. The molecule has 0 aromatic heterocycles. The van der Waals surface area contributed by atoms with E-state index in [1.165, 1.54) is 5.57 Å². The summed E-state index contributed by atoms with van der Waals surface area (Å²) in [6, 6.07) is 0.00277. The molecule has 58 heavy (non-hydrogen) atoms. The van der Waals surface area contributed by atoms with Gasteiger partial charge in [0.1, 0.15) is 6.10 Å². The van der Waals surface area contributed by atoms with Gasteiger partial charge in [-0.3, -0.25) is 19.2 Å². The molecule has 2 amide bonds. The zero-order valence-corrected chi connectivity index (χ0v) is 38.2. The molecule has 12 atom stereocenters. The van der Waals surface area contributed by atoms with Crippen LogP contribution >= 0.6 is 0 Å². The standard InChI is InChI=1S/C49H79N3O6/c1-13-51-24-26-52(27-25-51)40(54)33-28-36(44(33,6)7)50-41(55)49-21-16-31(30(2)3)39(49)32-14-15-35-46(10)19-18-37(58-38(53)29-43(4,5)42(56)57)45(8,9)34(46)17-20-48(35,12)47(32,11)22-23-49/h31-37,39H,2,13-29H2,1,3-12H3,(H,50,55)(H,56,57). The van der Waals surface area contributed by atoms with Crippen LogP contribution in [0.5, 0.6) is 0 Å². The predicted molar refractivity (Wildman–Crippen MR) is 227 cm³/mol. The fraction of sp³-hybridized carbons (Fsp3) is 0.878. The predicted octanol–water partition coefficient (Wildman–Crippen LogP) is 8.75. The molecular weight excluding hydrogens is 727 g/mol. The average Bonchev–Trinajstić information content (AvgIpc) is 3.55. The van der Waals surface area contributed by atoms with E-state index in [0.717, 1.165) is 103 Å². The molecule has 0 bridgehead atoms. The van der Waals surface area contributed by atoms with E-state index < -0.39 is 22.8 Å². The highest BCUT2D eigenvalue weighted by Gasteiger charge is 2.72. The SMILES string of the molecule is C=C(C)C1CCC2(C(=O)NC3CC(C(=O)N4CCN(CC)CC4)C3(C)C)CCC3(C)C(CCC4C5(C)CCC(OC(=O)CC(C)(C)C(=O)O)C(C)(C)C5CCC43C)C12. The second kappa shape index (κ2) is 14.6. The minimum atomic E-state index is -1.16. The van der Waals surface area contributed by atoms with Crippen LogP contribution in [0.1, 0.15) is 153 Å². The van der Waals surface area contributed by atoms with Crippen LogP contribution in [0.4, 0.5) is 0 Å². The number of piperazine rings is 1. The summed E-state index contributed by atoms with van der Waals surface area (Å²) in [6.45, 7) is 33.4. The molecule has 0 spiro atoms. The van der Waals surface area contributed by atoms with E-state index in [-0.39, 0.29) is 69.3 Å². The maximum atomic E-state index is 15.1. The molecule has 326 valence electrons. The second-order valence-corrected chi connectivity index (χ2v) is 23.4. The highest BCUT2D eigenvalue weighted by Crippen LogP contribution is 2.77. The number of fused-ring (bicyclic) bond motifs is 7. The van der Waals surface area contributed by atoms with Gasteiger partial charge in [0, 0.05) is 43.6 Å². The van der Waals surface area contributed by atoms with Gasteiger partial charge >= 0.3 is 11.9 Å². The lowest BCUT2D eigenvalue weighted by Gasteiger charge is -2.73. The van der Waals surface area contributed by atoms with Gasteiger partial charge in [-0.25, -0.2) is 0 Å². The zero-order chi connectivity index (χ0) is 42.6. The number of aliphatic carboxylic acids is 1. The fourth-order valence-corrected chi connectivity index (χ4v) is 15.8. The molecule has 7 fully saturated rings. The number of carbonyl (C=O) groups is 4. The molecule has 9 heteroatoms. The molecule has 7 aliphatic rings. The molecule has 2 N–H and O–H groups in total. The van der Waals surface area contributed by atoms with Gasteiger partial charge in [0.2, 0.25) is 11.8 Å². The maximum absolute atomic E-state index is 15.1. The molecule has 0 aromatic rings. The molecule has 9 nitrogen and oxygen atoms in total. The van der Waals surface area contributed by atoms with Crippen LogP contribution in [0.2, 0.25) is 0 Å². The van der Waals surface area contributed by atoms with Crippen molar-refractivity contribution in [3.63, 3.8) is 0 Å². The summed E-state index contributed by atoms with van der Waals surface area (Å²) in [6.07, 6.45) is 10.6. The smallest absolute Gasteiger partial charge is 0.309 e. The third-order valence-corrected chi connectivity index (χ3v) is 19.9. The third-order valence-electron chi connectivity index (χ3n) is 19.9. The van der Waals surface area contributed by atoms with Crippen LogP contribution in [-0.4, -0.2) is 83.5 Å². The molecule has 0 radical (unpaired) electrons. The van der Waals surface area contributed by atoms with Crippen LogP contribution in [-0.2, 0) is 23.9 Å². The van der Waals surface area contributed by atoms with E-state index in [4.69, 9.17) is 4.74 Å². The Labute approximate surface area is 350 Å². The van der Waals surface area contributed by atoms with Crippen molar-refractivity contribution >= 4 is 23.8 Å². The number of likely N-dealkylation sites (N-methyl/N-ethyl adjacent to an activating group) is 1. The number of amides is 2. The number of esters is 1. The summed E-state index contributed by atoms with van der Waals surface area (Å²) in [5, 5.41) is 13.3. The number of carboxylic acids is 1. The first-order chi connectivity index (χ1) is 26.9. The van der Waals surface area contributed by atoms with Crippen LogP contribution < -0.4 is 5.32 Å². The number of nitrogens with zero attached hydrogens (tertiary/aromatic N) is 2. The summed E-state index contributed by atoms with van der Waals surface area (Å²) in [7, 11) is 0. The van der Waals surface area contributed by atoms with Crippen LogP contribution in [0.3, 0.4) is 0 Å². The zero-order valence-electron chi connectivity index (χ0n) is 38.2. The number of hydrogen-bond donors (Lipinski definition) is 2. The lowest BCUT2D eigenvalue weighted by atomic mass is 9.32. The number of rotatable bonds is 9. The number of hydrogen-bond acceptors (Lipinski definition) is 6. The minimum absolute atomic E-state index is 0.00277. The van der Waals surface area contributed by atoms with E-state index in [1.807, 2.05) is 0 Å². The van der Waals surface area contributed by atoms with E-state index in [2.05, 4.69) is 84.0 Å². The van der Waals surface area contributed by atoms with Crippen molar-refractivity contribution in [2.45, 2.75) is 165 Å². The number of nitrogens with one attached hydrogen (secondary N) is 1. The van der Waals surface area contributed by atoms with E-state index in [9.17, 15) is 19.5 Å². The Kier molecular flexibility index (Phi) is 11.0. The Morgan fingerprint density at radius 3 is 2.09 bits per heavy atom. The van der Waals surface area contributed by atoms with Crippen molar-refractivity contribution in [3.05, 3.63) is 12.2 Å². The molecule has 7 rings (SSSR count). The molecule has 6 saturated carbocycles. The monoisotopic (exact) mass is 806 g/mol. The first kappa shape index (κ1) is 43.7. The summed E-state index contributed by atoms with van der Waals surface area (Å²) < 4.78 is 6.20. The number of allylic oxidation sites excluding steroid dienone is 1. The summed E-state index contributed by atoms with van der Waals surface area (Å²) >= 11 is 0. The van der Waals surface area contributed by atoms with Gasteiger partial charge in [-0.05, 0) is 149 Å². The first-order valence-electron chi connectivity index (χ1n) is 23.3. The Balaban J connectivity index is 1.08. The molecule has 12 unspecified atom stereocenters. The van der Waals surface area contributed by atoms with Gasteiger partial charge < -0.3 is 25.0 Å². The van der Waals surface area contributed by atoms with E-state index in [0.29, 0.717) is 23.7 Å². The van der Waals surface area contributed by atoms with Crippen molar-refractivity contribution in [2.24, 2.45) is 73.4 Å². The summed E-state index contributed by atoms with van der Waals surface area (Å²) in [5.41, 5.74) is -0.552. The molecule has 1 heterocycles. The molecule has 6 aliphatic carbocycles. The maximum Gasteiger partial charge on any atom is 0.309 e. The fourth-order valence-electron chi connectivity index (χ4n) is 15.8. The Bertz CT molecular complexity index is 1680. The average molecular weight is 806 g/mol. The highest BCUT2D eigenvalue weighted by molar-refractivity contribution is 5.86. The second-order valence-electron chi connectivity index (χ2n) is 23.4. The van der Waals surface area contributed by atoms with Crippen LogP contribution in [0.15, 0.2) is 12.2 Å². The molecular formula is C49H79N3O6. The number of carbonyl (C=O) groups excluding carboxylic acids is 3. The van der Waals surface area contributed by atoms with Gasteiger partial charge in [0.25, 0.3) is 0 Å². The van der Waals surface area contributed by atoms with Crippen LogP contribution in [0.25, 0.3) is 0 Å². The van der Waals surface area contributed by atoms with Crippen LogP contribution in [0, 0.1) is 73.4 Å². The molecule has 1 saturated heterocycles. The van der Waals surface area contributed by atoms with Gasteiger partial charge in [-0.2, -0.15) is 0 Å². The van der Waals surface area contributed by atoms with Crippen molar-refractivity contribution in [1.82, 2.24) is 15.1 Å². The first-order valence-corrected chi connectivity index (χ1v) is 23.3. The number of carboxylic acid groups (broad SMARTS) is 1. The van der Waals surface area contributed by atoms with Crippen molar-refractivity contribution in [1.29, 1.82) is 0 Å². The Hall–Kier alpha value is -2.42. The topological polar surface area (TPSA) is 116 Å². The Morgan fingerprint density at radius 1 is 0.810 bits per heavy atom. The van der Waals surface area contributed by atoms with Gasteiger partial charge in [-0.1, -0.05) is 67.5 Å². The third kappa shape index (κ3) is 6.45.